The third-order valence-electron chi connectivity index (χ3n) is 3.08. The molecule has 1 unspecified atom stereocenters. The molecule has 0 radical (unpaired) electrons. The fourth-order valence-corrected chi connectivity index (χ4v) is 2.70. The maximum absolute atomic E-state index is 12.5. The molecule has 1 aromatic heterocycles. The molecule has 1 N–H and O–H groups in total. The number of ether oxygens (including phenoxy) is 2. The van der Waals surface area contributed by atoms with Gasteiger partial charge in [-0.2, -0.15) is 0 Å². The molecule has 2 rings (SSSR count). The Morgan fingerprint density at radius 3 is 2.38 bits per heavy atom. The van der Waals surface area contributed by atoms with Gasteiger partial charge in [0.1, 0.15) is 17.1 Å². The number of aryl methyl sites for hydroxylation is 1. The van der Waals surface area contributed by atoms with Crippen LogP contribution in [0.3, 0.4) is 0 Å². The number of rotatable bonds is 5. The summed E-state index contributed by atoms with van der Waals surface area (Å²) in [7, 11) is 3.05. The lowest BCUT2D eigenvalue weighted by molar-refractivity contribution is 0.0933. The molecule has 1 atom stereocenters. The topological polar surface area (TPSA) is 60.5 Å². The molecule has 112 valence electrons. The van der Waals surface area contributed by atoms with Gasteiger partial charge in [-0.15, -0.1) is 11.3 Å². The van der Waals surface area contributed by atoms with Gasteiger partial charge in [-0.25, -0.2) is 4.98 Å². The number of carbonyl (C=O) groups is 1. The number of amides is 1. The van der Waals surface area contributed by atoms with E-state index in [1.807, 2.05) is 19.2 Å². The molecule has 1 amide bonds. The minimum Gasteiger partial charge on any atom is -0.496 e. The molecule has 1 aromatic carbocycles. The summed E-state index contributed by atoms with van der Waals surface area (Å²) in [5, 5.41) is 5.84. The second-order valence-electron chi connectivity index (χ2n) is 4.52. The van der Waals surface area contributed by atoms with E-state index in [2.05, 4.69) is 10.3 Å². The third kappa shape index (κ3) is 3.33. The Morgan fingerprint density at radius 2 is 1.90 bits per heavy atom. The van der Waals surface area contributed by atoms with Gasteiger partial charge in [0.2, 0.25) is 0 Å². The zero-order valence-electron chi connectivity index (χ0n) is 12.5. The fourth-order valence-electron chi connectivity index (χ4n) is 2.00. The summed E-state index contributed by atoms with van der Waals surface area (Å²) in [6.45, 7) is 3.83. The van der Waals surface area contributed by atoms with Gasteiger partial charge >= 0.3 is 0 Å². The summed E-state index contributed by atoms with van der Waals surface area (Å²) in [6.07, 6.45) is 0. The minimum absolute atomic E-state index is 0.183. The molecule has 0 bridgehead atoms. The van der Waals surface area contributed by atoms with Crippen LogP contribution in [0.5, 0.6) is 11.5 Å². The van der Waals surface area contributed by atoms with Gasteiger partial charge < -0.3 is 14.8 Å². The number of methoxy groups -OCH3 is 2. The molecule has 0 spiro atoms. The van der Waals surface area contributed by atoms with Crippen molar-refractivity contribution in [2.45, 2.75) is 19.9 Å². The number of nitrogens with one attached hydrogen (secondary N) is 1. The van der Waals surface area contributed by atoms with Gasteiger partial charge in [0.25, 0.3) is 5.91 Å². The monoisotopic (exact) mass is 306 g/mol. The third-order valence-corrected chi connectivity index (χ3v) is 3.87. The van der Waals surface area contributed by atoms with E-state index in [1.165, 1.54) is 14.2 Å². The van der Waals surface area contributed by atoms with Gasteiger partial charge in [0, 0.05) is 5.38 Å². The summed E-state index contributed by atoms with van der Waals surface area (Å²) in [5.74, 6) is 0.712. The highest BCUT2D eigenvalue weighted by Gasteiger charge is 2.20. The Labute approximate surface area is 127 Å². The number of hydrogen-bond acceptors (Lipinski definition) is 5. The first-order valence-electron chi connectivity index (χ1n) is 6.50. The van der Waals surface area contributed by atoms with Gasteiger partial charge in [0.15, 0.2) is 0 Å². The Hall–Kier alpha value is -2.08. The van der Waals surface area contributed by atoms with E-state index in [0.717, 1.165) is 10.7 Å². The van der Waals surface area contributed by atoms with Gasteiger partial charge in [0.05, 0.1) is 31.0 Å². The van der Waals surface area contributed by atoms with E-state index in [-0.39, 0.29) is 11.9 Å². The minimum atomic E-state index is -0.248. The lowest BCUT2D eigenvalue weighted by Crippen LogP contribution is -2.27. The molecule has 0 fully saturated rings. The van der Waals surface area contributed by atoms with Crippen LogP contribution in [0, 0.1) is 6.92 Å². The lowest BCUT2D eigenvalue weighted by Gasteiger charge is -2.16. The van der Waals surface area contributed by atoms with Crippen molar-refractivity contribution in [3.63, 3.8) is 0 Å². The van der Waals surface area contributed by atoms with Crippen molar-refractivity contribution in [1.29, 1.82) is 0 Å². The highest BCUT2D eigenvalue weighted by molar-refractivity contribution is 7.09. The van der Waals surface area contributed by atoms with Crippen LogP contribution in [0.25, 0.3) is 0 Å². The number of carbonyl (C=O) groups excluding carboxylic acids is 1. The van der Waals surface area contributed by atoms with Crippen LogP contribution in [-0.2, 0) is 0 Å². The van der Waals surface area contributed by atoms with Crippen molar-refractivity contribution in [2.24, 2.45) is 0 Å². The zero-order chi connectivity index (χ0) is 15.4. The first-order valence-corrected chi connectivity index (χ1v) is 7.38. The first-order chi connectivity index (χ1) is 10.1. The highest BCUT2D eigenvalue weighted by Crippen LogP contribution is 2.28. The Bertz CT molecular complexity index is 617. The molecule has 0 aliphatic carbocycles. The van der Waals surface area contributed by atoms with Gasteiger partial charge in [-0.3, -0.25) is 4.79 Å². The summed E-state index contributed by atoms with van der Waals surface area (Å²) in [6, 6.07) is 5.06. The van der Waals surface area contributed by atoms with E-state index in [1.54, 1.807) is 29.5 Å². The summed E-state index contributed by atoms with van der Waals surface area (Å²) in [4.78, 5) is 16.9. The van der Waals surface area contributed by atoms with Crippen molar-refractivity contribution in [2.75, 3.05) is 14.2 Å². The van der Waals surface area contributed by atoms with Crippen molar-refractivity contribution >= 4 is 17.2 Å². The predicted molar refractivity (Wildman–Crippen MR) is 82.3 cm³/mol. The van der Waals surface area contributed by atoms with Crippen LogP contribution in [0.1, 0.15) is 34.0 Å². The number of aromatic nitrogens is 1. The highest BCUT2D eigenvalue weighted by atomic mass is 32.1. The van der Waals surface area contributed by atoms with Crippen molar-refractivity contribution < 1.29 is 14.3 Å². The quantitative estimate of drug-likeness (QED) is 0.922. The second kappa shape index (κ2) is 6.58. The largest absolute Gasteiger partial charge is 0.496 e. The number of nitrogens with zero attached hydrogens (tertiary/aromatic N) is 1. The zero-order valence-corrected chi connectivity index (χ0v) is 13.3. The average Bonchev–Trinajstić information content (AvgIpc) is 2.92. The summed E-state index contributed by atoms with van der Waals surface area (Å²) >= 11 is 1.56. The molecular formula is C15H18N2O3S. The maximum Gasteiger partial charge on any atom is 0.259 e. The molecule has 0 aliphatic heterocycles. The fraction of sp³-hybridized carbons (Fsp3) is 0.333. The summed E-state index contributed by atoms with van der Waals surface area (Å²) in [5.41, 5.74) is 1.24. The lowest BCUT2D eigenvalue weighted by atomic mass is 10.1. The number of benzene rings is 1. The maximum atomic E-state index is 12.5. The Balaban J connectivity index is 2.24. The standard InChI is InChI=1S/C15H18N2O3S/c1-9(11-8-21-10(2)17-11)16-15(18)14-12(19-3)6-5-7-13(14)20-4/h5-9H,1-4H3,(H,16,18). The molecule has 0 saturated heterocycles. The van der Waals surface area contributed by atoms with Crippen molar-refractivity contribution in [3.8, 4) is 11.5 Å². The van der Waals surface area contributed by atoms with Crippen LogP contribution in [0.15, 0.2) is 23.6 Å². The van der Waals surface area contributed by atoms with Crippen LogP contribution in [-0.4, -0.2) is 25.1 Å². The molecule has 1 heterocycles. The number of hydrogen-bond donors (Lipinski definition) is 1. The van der Waals surface area contributed by atoms with E-state index in [9.17, 15) is 4.79 Å². The SMILES string of the molecule is COc1cccc(OC)c1C(=O)NC(C)c1csc(C)n1. The van der Waals surface area contributed by atoms with E-state index in [0.29, 0.717) is 17.1 Å². The first kappa shape index (κ1) is 15.3. The average molecular weight is 306 g/mol. The molecule has 6 heteroatoms. The summed E-state index contributed by atoms with van der Waals surface area (Å²) < 4.78 is 10.5. The molecular weight excluding hydrogens is 288 g/mol. The predicted octanol–water partition coefficient (Wildman–Crippen LogP) is 2.96. The van der Waals surface area contributed by atoms with E-state index >= 15 is 0 Å². The van der Waals surface area contributed by atoms with Gasteiger partial charge in [-0.05, 0) is 26.0 Å². The molecule has 5 nitrogen and oxygen atoms in total. The molecule has 2 aromatic rings. The second-order valence-corrected chi connectivity index (χ2v) is 5.59. The van der Waals surface area contributed by atoms with Crippen LogP contribution in [0.4, 0.5) is 0 Å². The van der Waals surface area contributed by atoms with Crippen molar-refractivity contribution in [1.82, 2.24) is 10.3 Å². The Kier molecular flexibility index (Phi) is 4.80. The molecule has 0 saturated carbocycles. The van der Waals surface area contributed by atoms with Gasteiger partial charge in [-0.1, -0.05) is 6.07 Å². The van der Waals surface area contributed by atoms with E-state index < -0.39 is 0 Å². The molecule has 21 heavy (non-hydrogen) atoms. The van der Waals surface area contributed by atoms with Crippen molar-refractivity contribution in [3.05, 3.63) is 39.8 Å². The molecule has 0 aliphatic rings. The smallest absolute Gasteiger partial charge is 0.259 e. The Morgan fingerprint density at radius 1 is 1.29 bits per heavy atom. The number of thiazole rings is 1. The van der Waals surface area contributed by atoms with Crippen LogP contribution < -0.4 is 14.8 Å². The van der Waals surface area contributed by atoms with Crippen LogP contribution >= 0.6 is 11.3 Å². The van der Waals surface area contributed by atoms with E-state index in [4.69, 9.17) is 9.47 Å². The normalized spacial score (nSPS) is 11.8. The van der Waals surface area contributed by atoms with Crippen LogP contribution in [0.2, 0.25) is 0 Å².